The number of hydrogen-bond donors (Lipinski definition) is 2. The Labute approximate surface area is 104 Å². The van der Waals surface area contributed by atoms with E-state index in [2.05, 4.69) is 15.3 Å². The van der Waals surface area contributed by atoms with Gasteiger partial charge < -0.3 is 15.2 Å². The molecule has 1 aromatic heterocycles. The molecule has 18 heavy (non-hydrogen) atoms. The number of carboxylic acids is 1. The largest absolute Gasteiger partial charge is 0.481 e. The number of carbonyl (C=O) groups is 1. The highest BCUT2D eigenvalue weighted by molar-refractivity contribution is 5.69. The van der Waals surface area contributed by atoms with Gasteiger partial charge >= 0.3 is 5.97 Å². The lowest BCUT2D eigenvalue weighted by atomic mass is 9.99. The van der Waals surface area contributed by atoms with E-state index in [0.717, 1.165) is 37.2 Å². The quantitative estimate of drug-likeness (QED) is 0.791. The van der Waals surface area contributed by atoms with Gasteiger partial charge in [-0.1, -0.05) is 0 Å². The first-order chi connectivity index (χ1) is 8.74. The van der Waals surface area contributed by atoms with Crippen molar-refractivity contribution in [1.29, 1.82) is 0 Å². The first-order valence-electron chi connectivity index (χ1n) is 6.19. The molecule has 0 saturated carbocycles. The molecule has 0 amide bonds. The van der Waals surface area contributed by atoms with Crippen molar-refractivity contribution in [3.05, 3.63) is 17.1 Å². The van der Waals surface area contributed by atoms with Crippen molar-refractivity contribution < 1.29 is 14.6 Å². The number of hydrogen-bond acceptors (Lipinski definition) is 5. The molecular weight excluding hydrogens is 234 g/mol. The molecular formula is C12H15N3O3. The number of nitrogens with zero attached hydrogens (tertiary/aromatic N) is 2. The van der Waals surface area contributed by atoms with Crippen molar-refractivity contribution in [3.8, 4) is 5.88 Å². The SMILES string of the molecule is O=C(O)Cc1nc2c(c(C3CCNC3)n1)CCO2. The van der Waals surface area contributed by atoms with E-state index in [-0.39, 0.29) is 6.42 Å². The van der Waals surface area contributed by atoms with Crippen LogP contribution in [0, 0.1) is 0 Å². The first kappa shape index (κ1) is 11.4. The summed E-state index contributed by atoms with van der Waals surface area (Å²) in [5.74, 6) is 0.382. The molecule has 96 valence electrons. The summed E-state index contributed by atoms with van der Waals surface area (Å²) in [4.78, 5) is 19.4. The van der Waals surface area contributed by atoms with Gasteiger partial charge in [0, 0.05) is 24.4 Å². The van der Waals surface area contributed by atoms with E-state index in [1.165, 1.54) is 0 Å². The summed E-state index contributed by atoms with van der Waals surface area (Å²) in [6.45, 7) is 2.50. The van der Waals surface area contributed by atoms with Crippen molar-refractivity contribution in [2.45, 2.75) is 25.2 Å². The Morgan fingerprint density at radius 2 is 2.39 bits per heavy atom. The van der Waals surface area contributed by atoms with Crippen LogP contribution in [0.1, 0.15) is 29.4 Å². The Morgan fingerprint density at radius 1 is 1.50 bits per heavy atom. The van der Waals surface area contributed by atoms with Gasteiger partial charge in [0.25, 0.3) is 0 Å². The van der Waals surface area contributed by atoms with Crippen LogP contribution in [0.4, 0.5) is 0 Å². The Kier molecular flexibility index (Phi) is 2.87. The fraction of sp³-hybridized carbons (Fsp3) is 0.583. The molecule has 6 nitrogen and oxygen atoms in total. The highest BCUT2D eigenvalue weighted by atomic mass is 16.5. The lowest BCUT2D eigenvalue weighted by molar-refractivity contribution is -0.136. The molecule has 1 saturated heterocycles. The summed E-state index contributed by atoms with van der Waals surface area (Å²) >= 11 is 0. The number of aromatic nitrogens is 2. The van der Waals surface area contributed by atoms with Crippen molar-refractivity contribution in [2.75, 3.05) is 19.7 Å². The average molecular weight is 249 g/mol. The zero-order chi connectivity index (χ0) is 12.5. The van der Waals surface area contributed by atoms with E-state index < -0.39 is 5.97 Å². The maximum atomic E-state index is 10.8. The third kappa shape index (κ3) is 2.03. The summed E-state index contributed by atoms with van der Waals surface area (Å²) in [5.41, 5.74) is 2.05. The van der Waals surface area contributed by atoms with E-state index in [0.29, 0.717) is 24.2 Å². The van der Waals surface area contributed by atoms with Gasteiger partial charge in [0.2, 0.25) is 5.88 Å². The van der Waals surface area contributed by atoms with Crippen LogP contribution in [0.15, 0.2) is 0 Å². The number of fused-ring (bicyclic) bond motifs is 1. The third-order valence-electron chi connectivity index (χ3n) is 3.39. The van der Waals surface area contributed by atoms with Gasteiger partial charge in [-0.25, -0.2) is 4.98 Å². The van der Waals surface area contributed by atoms with Crippen LogP contribution >= 0.6 is 0 Å². The van der Waals surface area contributed by atoms with Gasteiger partial charge in [0.1, 0.15) is 12.2 Å². The number of aliphatic carboxylic acids is 1. The summed E-state index contributed by atoms with van der Waals surface area (Å²) in [5, 5.41) is 12.1. The predicted octanol–water partition coefficient (Wildman–Crippen LogP) is 0.115. The number of rotatable bonds is 3. The fourth-order valence-electron chi connectivity index (χ4n) is 2.57. The Morgan fingerprint density at radius 3 is 3.11 bits per heavy atom. The molecule has 0 radical (unpaired) electrons. The predicted molar refractivity (Wildman–Crippen MR) is 62.8 cm³/mol. The van der Waals surface area contributed by atoms with Crippen LogP contribution in [-0.4, -0.2) is 40.7 Å². The maximum Gasteiger partial charge on any atom is 0.311 e. The van der Waals surface area contributed by atoms with Crippen molar-refractivity contribution >= 4 is 5.97 Å². The summed E-state index contributed by atoms with van der Waals surface area (Å²) < 4.78 is 5.46. The molecule has 1 fully saturated rings. The highest BCUT2D eigenvalue weighted by Crippen LogP contribution is 2.32. The zero-order valence-electron chi connectivity index (χ0n) is 9.98. The second kappa shape index (κ2) is 4.53. The van der Waals surface area contributed by atoms with Gasteiger partial charge in [-0.3, -0.25) is 4.79 Å². The molecule has 6 heteroatoms. The van der Waals surface area contributed by atoms with Gasteiger partial charge in [-0.2, -0.15) is 4.98 Å². The van der Waals surface area contributed by atoms with Gasteiger partial charge in [-0.05, 0) is 13.0 Å². The molecule has 0 aliphatic carbocycles. The van der Waals surface area contributed by atoms with Crippen LogP contribution in [0.3, 0.4) is 0 Å². The Bertz CT molecular complexity index is 484. The van der Waals surface area contributed by atoms with E-state index >= 15 is 0 Å². The fourth-order valence-corrected chi connectivity index (χ4v) is 2.57. The molecule has 2 aliphatic heterocycles. The average Bonchev–Trinajstić information content (AvgIpc) is 2.97. The van der Waals surface area contributed by atoms with Crippen LogP contribution < -0.4 is 10.1 Å². The lowest BCUT2D eigenvalue weighted by Gasteiger charge is -2.12. The van der Waals surface area contributed by atoms with E-state index in [4.69, 9.17) is 9.84 Å². The van der Waals surface area contributed by atoms with Gasteiger partial charge in [0.05, 0.1) is 12.3 Å². The standard InChI is InChI=1S/C12H15N3O3/c16-10(17)5-9-14-11(7-1-3-13-6-7)8-2-4-18-12(8)15-9/h7,13H,1-6H2,(H,16,17). The summed E-state index contributed by atoms with van der Waals surface area (Å²) in [7, 11) is 0. The minimum atomic E-state index is -0.913. The Hall–Kier alpha value is -1.69. The molecule has 0 bridgehead atoms. The smallest absolute Gasteiger partial charge is 0.311 e. The minimum Gasteiger partial charge on any atom is -0.481 e. The zero-order valence-corrected chi connectivity index (χ0v) is 9.98. The van der Waals surface area contributed by atoms with Gasteiger partial charge in [-0.15, -0.1) is 0 Å². The van der Waals surface area contributed by atoms with Crippen molar-refractivity contribution in [2.24, 2.45) is 0 Å². The molecule has 1 aromatic rings. The maximum absolute atomic E-state index is 10.8. The summed E-state index contributed by atoms with van der Waals surface area (Å²) in [6, 6.07) is 0. The molecule has 0 aromatic carbocycles. The molecule has 3 heterocycles. The molecule has 1 atom stereocenters. The van der Waals surface area contributed by atoms with E-state index in [9.17, 15) is 4.79 Å². The number of nitrogens with one attached hydrogen (secondary N) is 1. The highest BCUT2D eigenvalue weighted by Gasteiger charge is 2.28. The molecule has 3 rings (SSSR count). The molecule has 2 N–H and O–H groups in total. The Balaban J connectivity index is 1.99. The molecule has 0 spiro atoms. The summed E-state index contributed by atoms with van der Waals surface area (Å²) in [6.07, 6.45) is 1.72. The third-order valence-corrected chi connectivity index (χ3v) is 3.39. The van der Waals surface area contributed by atoms with Crippen molar-refractivity contribution in [1.82, 2.24) is 15.3 Å². The molecule has 2 aliphatic rings. The number of carboxylic acid groups (broad SMARTS) is 1. The van der Waals surface area contributed by atoms with Crippen LogP contribution in [-0.2, 0) is 17.6 Å². The van der Waals surface area contributed by atoms with Crippen molar-refractivity contribution in [3.63, 3.8) is 0 Å². The lowest BCUT2D eigenvalue weighted by Crippen LogP contribution is -2.14. The normalized spacial score (nSPS) is 21.7. The minimum absolute atomic E-state index is 0.149. The second-order valence-corrected chi connectivity index (χ2v) is 4.67. The molecule has 1 unspecified atom stereocenters. The number of ether oxygens (including phenoxy) is 1. The van der Waals surface area contributed by atoms with E-state index in [1.807, 2.05) is 0 Å². The van der Waals surface area contributed by atoms with Gasteiger partial charge in [0.15, 0.2) is 0 Å². The monoisotopic (exact) mass is 249 g/mol. The second-order valence-electron chi connectivity index (χ2n) is 4.67. The first-order valence-corrected chi connectivity index (χ1v) is 6.19. The van der Waals surface area contributed by atoms with Crippen LogP contribution in [0.25, 0.3) is 0 Å². The van der Waals surface area contributed by atoms with Crippen LogP contribution in [0.5, 0.6) is 5.88 Å². The van der Waals surface area contributed by atoms with E-state index in [1.54, 1.807) is 0 Å². The van der Waals surface area contributed by atoms with Crippen LogP contribution in [0.2, 0.25) is 0 Å². The topological polar surface area (TPSA) is 84.3 Å².